The minimum Gasteiger partial charge on any atom is -0.315 e. The Hall–Kier alpha value is -2.05. The van der Waals surface area contributed by atoms with Gasteiger partial charge in [-0.05, 0) is 36.9 Å². The van der Waals surface area contributed by atoms with Crippen molar-refractivity contribution in [3.05, 3.63) is 63.2 Å². The summed E-state index contributed by atoms with van der Waals surface area (Å²) >= 11 is 6.92. The Balaban J connectivity index is 2.12. The van der Waals surface area contributed by atoms with Crippen LogP contribution in [0.2, 0.25) is 5.02 Å². The maximum Gasteiger partial charge on any atom is 0.288 e. The van der Waals surface area contributed by atoms with E-state index in [2.05, 4.69) is 5.32 Å². The molecule has 0 unspecified atom stereocenters. The van der Waals surface area contributed by atoms with Crippen LogP contribution in [0.5, 0.6) is 0 Å². The molecule has 0 radical (unpaired) electrons. The topological polar surface area (TPSA) is 72.2 Å². The number of hydrogen-bond donors (Lipinski definition) is 1. The van der Waals surface area contributed by atoms with Gasteiger partial charge in [0.25, 0.3) is 10.9 Å². The van der Waals surface area contributed by atoms with E-state index < -0.39 is 4.92 Å². The summed E-state index contributed by atoms with van der Waals surface area (Å²) in [6.45, 7) is 1.93. The minimum atomic E-state index is -0.542. The number of nitro benzene ring substituents is 1. The van der Waals surface area contributed by atoms with Crippen LogP contribution in [0.25, 0.3) is 0 Å². The number of nitro groups is 1. The normalized spacial score (nSPS) is 10.2. The molecule has 0 aromatic heterocycles. The second-order valence-corrected chi connectivity index (χ2v) is 5.71. The number of anilines is 1. The Bertz CT molecular complexity index is 706. The Morgan fingerprint density at radius 1 is 1.29 bits per heavy atom. The number of thioether (sulfide) groups is 1. The van der Waals surface area contributed by atoms with Crippen LogP contribution >= 0.6 is 23.4 Å². The van der Waals surface area contributed by atoms with E-state index in [1.54, 1.807) is 0 Å². The predicted octanol–water partition coefficient (Wildman–Crippen LogP) is 4.88. The number of rotatable bonds is 3. The zero-order valence-electron chi connectivity index (χ0n) is 11.0. The highest BCUT2D eigenvalue weighted by Crippen LogP contribution is 2.29. The molecule has 108 valence electrons. The fraction of sp³-hybridized carbons (Fsp3) is 0.0714. The third-order valence-corrected chi connectivity index (χ3v) is 3.70. The van der Waals surface area contributed by atoms with Gasteiger partial charge in [-0.2, -0.15) is 0 Å². The number of benzene rings is 2. The number of halogens is 1. The second-order valence-electron chi connectivity index (χ2n) is 4.25. The first-order chi connectivity index (χ1) is 9.95. The van der Waals surface area contributed by atoms with Crippen molar-refractivity contribution in [3.8, 4) is 0 Å². The summed E-state index contributed by atoms with van der Waals surface area (Å²) < 4.78 is 0. The molecule has 0 aliphatic rings. The fourth-order valence-electron chi connectivity index (χ4n) is 1.64. The monoisotopic (exact) mass is 322 g/mol. The van der Waals surface area contributed by atoms with Gasteiger partial charge in [-0.1, -0.05) is 29.3 Å². The van der Waals surface area contributed by atoms with E-state index >= 15 is 0 Å². The van der Waals surface area contributed by atoms with Crippen LogP contribution in [0.4, 0.5) is 16.2 Å². The number of non-ortho nitro benzene ring substituents is 1. The zero-order chi connectivity index (χ0) is 15.4. The highest BCUT2D eigenvalue weighted by Gasteiger charge is 2.13. The van der Waals surface area contributed by atoms with E-state index in [4.69, 9.17) is 11.6 Å². The molecule has 0 atom stereocenters. The summed E-state index contributed by atoms with van der Waals surface area (Å²) in [7, 11) is 0. The molecule has 5 nitrogen and oxygen atoms in total. The Kier molecular flexibility index (Phi) is 4.82. The molecule has 21 heavy (non-hydrogen) atoms. The molecule has 0 saturated carbocycles. The van der Waals surface area contributed by atoms with Crippen LogP contribution in [0.15, 0.2) is 47.4 Å². The van der Waals surface area contributed by atoms with E-state index in [-0.39, 0.29) is 21.6 Å². The zero-order valence-corrected chi connectivity index (χ0v) is 12.6. The summed E-state index contributed by atoms with van der Waals surface area (Å²) in [4.78, 5) is 22.9. The molecular weight excluding hydrogens is 312 g/mol. The van der Waals surface area contributed by atoms with Crippen LogP contribution in [0.1, 0.15) is 5.56 Å². The van der Waals surface area contributed by atoms with E-state index in [1.165, 1.54) is 18.2 Å². The lowest BCUT2D eigenvalue weighted by Crippen LogP contribution is -2.05. The first kappa shape index (κ1) is 15.3. The van der Waals surface area contributed by atoms with Crippen molar-refractivity contribution in [3.63, 3.8) is 0 Å². The average Bonchev–Trinajstić information content (AvgIpc) is 2.41. The number of carbonyl (C=O) groups excluding carboxylic acids is 1. The molecule has 0 aliphatic heterocycles. The Morgan fingerprint density at radius 2 is 2.05 bits per heavy atom. The molecule has 0 heterocycles. The van der Waals surface area contributed by atoms with Crippen LogP contribution in [-0.2, 0) is 0 Å². The van der Waals surface area contributed by atoms with Gasteiger partial charge in [0, 0.05) is 17.0 Å². The second kappa shape index (κ2) is 6.60. The molecule has 0 aliphatic carbocycles. The number of carbonyl (C=O) groups is 1. The number of amides is 1. The summed E-state index contributed by atoms with van der Waals surface area (Å²) in [6.07, 6.45) is 0. The van der Waals surface area contributed by atoms with Gasteiger partial charge in [0.2, 0.25) is 0 Å². The molecule has 1 amide bonds. The van der Waals surface area contributed by atoms with Crippen molar-refractivity contribution in [1.29, 1.82) is 0 Å². The molecular formula is C14H11ClN2O3S. The van der Waals surface area contributed by atoms with Crippen LogP contribution in [-0.4, -0.2) is 10.2 Å². The van der Waals surface area contributed by atoms with Crippen LogP contribution in [0, 0.1) is 17.0 Å². The molecule has 2 aromatic rings. The standard InChI is InChI=1S/C14H11ClN2O3S/c1-9-3-2-4-11(7-9)21-14(18)16-13-8-10(17(19)20)5-6-12(13)15/h2-8H,1H3,(H,16,18). The molecule has 0 bridgehead atoms. The molecule has 2 aromatic carbocycles. The Morgan fingerprint density at radius 3 is 2.71 bits per heavy atom. The van der Waals surface area contributed by atoms with Gasteiger partial charge in [0.1, 0.15) is 0 Å². The third-order valence-electron chi connectivity index (χ3n) is 2.60. The molecule has 1 N–H and O–H groups in total. The first-order valence-electron chi connectivity index (χ1n) is 5.95. The summed E-state index contributed by atoms with van der Waals surface area (Å²) in [5, 5.41) is 13.2. The lowest BCUT2D eigenvalue weighted by molar-refractivity contribution is -0.384. The number of aryl methyl sites for hydroxylation is 1. The van der Waals surface area contributed by atoms with Crippen molar-refractivity contribution in [2.75, 3.05) is 5.32 Å². The van der Waals surface area contributed by atoms with Crippen molar-refractivity contribution in [1.82, 2.24) is 0 Å². The van der Waals surface area contributed by atoms with Gasteiger partial charge in [-0.3, -0.25) is 14.9 Å². The highest BCUT2D eigenvalue weighted by atomic mass is 35.5. The van der Waals surface area contributed by atoms with E-state index in [0.717, 1.165) is 22.2 Å². The van der Waals surface area contributed by atoms with Crippen LogP contribution < -0.4 is 5.32 Å². The summed E-state index contributed by atoms with van der Waals surface area (Å²) in [6, 6.07) is 11.4. The first-order valence-corrected chi connectivity index (χ1v) is 7.14. The average molecular weight is 323 g/mol. The SMILES string of the molecule is Cc1cccc(SC(=O)Nc2cc([N+](=O)[O-])ccc2Cl)c1. The Labute approximate surface area is 130 Å². The third kappa shape index (κ3) is 4.21. The highest BCUT2D eigenvalue weighted by molar-refractivity contribution is 8.13. The van der Waals surface area contributed by atoms with E-state index in [1.807, 2.05) is 31.2 Å². The molecule has 0 saturated heterocycles. The minimum absolute atomic E-state index is 0.129. The van der Waals surface area contributed by atoms with Gasteiger partial charge >= 0.3 is 0 Å². The van der Waals surface area contributed by atoms with Crippen molar-refractivity contribution in [2.45, 2.75) is 11.8 Å². The smallest absolute Gasteiger partial charge is 0.288 e. The number of hydrogen-bond acceptors (Lipinski definition) is 4. The maximum absolute atomic E-state index is 11.9. The van der Waals surface area contributed by atoms with Gasteiger partial charge < -0.3 is 5.32 Å². The summed E-state index contributed by atoms with van der Waals surface area (Å²) in [5.41, 5.74) is 1.13. The summed E-state index contributed by atoms with van der Waals surface area (Å²) in [5.74, 6) is 0. The molecule has 0 spiro atoms. The molecule has 0 fully saturated rings. The molecule has 7 heteroatoms. The van der Waals surface area contributed by atoms with Crippen LogP contribution in [0.3, 0.4) is 0 Å². The van der Waals surface area contributed by atoms with Crippen molar-refractivity contribution >= 4 is 40.0 Å². The predicted molar refractivity (Wildman–Crippen MR) is 84.2 cm³/mol. The van der Waals surface area contributed by atoms with Gasteiger partial charge in [0.15, 0.2) is 0 Å². The van der Waals surface area contributed by atoms with Gasteiger partial charge in [0.05, 0.1) is 15.6 Å². The maximum atomic E-state index is 11.9. The van der Waals surface area contributed by atoms with E-state index in [9.17, 15) is 14.9 Å². The number of nitrogens with one attached hydrogen (secondary N) is 1. The van der Waals surface area contributed by atoms with Crippen molar-refractivity contribution in [2.24, 2.45) is 0 Å². The lowest BCUT2D eigenvalue weighted by atomic mass is 10.2. The van der Waals surface area contributed by atoms with Gasteiger partial charge in [-0.15, -0.1) is 0 Å². The van der Waals surface area contributed by atoms with Crippen molar-refractivity contribution < 1.29 is 9.72 Å². The largest absolute Gasteiger partial charge is 0.315 e. The fourth-order valence-corrected chi connectivity index (χ4v) is 2.58. The van der Waals surface area contributed by atoms with Gasteiger partial charge in [-0.25, -0.2) is 0 Å². The lowest BCUT2D eigenvalue weighted by Gasteiger charge is -2.07. The molecule has 2 rings (SSSR count). The number of nitrogens with zero attached hydrogens (tertiary/aromatic N) is 1. The quantitative estimate of drug-likeness (QED) is 0.496. The van der Waals surface area contributed by atoms with E-state index in [0.29, 0.717) is 0 Å².